The predicted molar refractivity (Wildman–Crippen MR) is 87.5 cm³/mol. The van der Waals surface area contributed by atoms with Crippen molar-refractivity contribution < 1.29 is 14.7 Å². The summed E-state index contributed by atoms with van der Waals surface area (Å²) in [5.41, 5.74) is 1.84. The van der Waals surface area contributed by atoms with Crippen molar-refractivity contribution in [2.75, 3.05) is 0 Å². The summed E-state index contributed by atoms with van der Waals surface area (Å²) in [5, 5.41) is 12.8. The molecule has 0 spiro atoms. The van der Waals surface area contributed by atoms with E-state index in [9.17, 15) is 10.0 Å². The molecule has 2 bridgehead atoms. The molecule has 0 saturated carbocycles. The van der Waals surface area contributed by atoms with Gasteiger partial charge in [0.25, 0.3) is 0 Å². The second kappa shape index (κ2) is 7.02. The van der Waals surface area contributed by atoms with Crippen molar-refractivity contribution >= 4 is 11.8 Å². The van der Waals surface area contributed by atoms with Crippen LogP contribution in [0.25, 0.3) is 0 Å². The lowest BCUT2D eigenvalue weighted by molar-refractivity contribution is 0.0228. The van der Waals surface area contributed by atoms with Gasteiger partial charge in [0.2, 0.25) is 0 Å². The van der Waals surface area contributed by atoms with E-state index in [0.717, 1.165) is 37.0 Å². The first-order valence-electron chi connectivity index (χ1n) is 8.44. The maximum Gasteiger partial charge on any atom is 0.410 e. The second-order valence-electron chi connectivity index (χ2n) is 6.41. The Hall–Kier alpha value is -2.04. The molecule has 2 aliphatic heterocycles. The van der Waals surface area contributed by atoms with Crippen LogP contribution in [0, 0.1) is 5.92 Å². The third-order valence-corrected chi connectivity index (χ3v) is 5.11. The minimum atomic E-state index is -0.237. The van der Waals surface area contributed by atoms with Gasteiger partial charge in [0.1, 0.15) is 6.61 Å². The number of fused-ring (bicyclic) bond motifs is 2. The summed E-state index contributed by atoms with van der Waals surface area (Å²) in [4.78, 5) is 14.6. The summed E-state index contributed by atoms with van der Waals surface area (Å²) in [6.45, 7) is 2.38. The zero-order valence-corrected chi connectivity index (χ0v) is 13.5. The number of rotatable bonds is 3. The summed E-state index contributed by atoms with van der Waals surface area (Å²) in [7, 11) is 0. The van der Waals surface area contributed by atoms with E-state index in [1.165, 1.54) is 0 Å². The lowest BCUT2D eigenvalue weighted by atomic mass is 9.75. The molecule has 0 aliphatic carbocycles. The fraction of sp³-hybridized carbons (Fsp3) is 0.556. The molecular formula is C18H24N2O3. The van der Waals surface area contributed by atoms with Crippen molar-refractivity contribution in [1.29, 1.82) is 0 Å². The Kier molecular flexibility index (Phi) is 4.84. The SMILES string of the molecule is CC[C@@H]1/C(=N/O)C[C@H]2CCC[C@@H]1N2C(=O)OCc1ccccc1. The molecule has 0 aromatic heterocycles. The van der Waals surface area contributed by atoms with Gasteiger partial charge in [0.15, 0.2) is 0 Å². The summed E-state index contributed by atoms with van der Waals surface area (Å²) in [6.07, 6.45) is 4.32. The maximum absolute atomic E-state index is 12.6. The van der Waals surface area contributed by atoms with E-state index < -0.39 is 0 Å². The van der Waals surface area contributed by atoms with E-state index in [0.29, 0.717) is 13.0 Å². The highest BCUT2D eigenvalue weighted by atomic mass is 16.6. The van der Waals surface area contributed by atoms with Gasteiger partial charge < -0.3 is 14.8 Å². The van der Waals surface area contributed by atoms with Crippen molar-refractivity contribution in [2.45, 2.75) is 57.7 Å². The van der Waals surface area contributed by atoms with Gasteiger partial charge >= 0.3 is 6.09 Å². The molecule has 2 heterocycles. The van der Waals surface area contributed by atoms with Crippen LogP contribution in [0.4, 0.5) is 4.79 Å². The maximum atomic E-state index is 12.6. The number of benzene rings is 1. The van der Waals surface area contributed by atoms with Gasteiger partial charge in [-0.2, -0.15) is 0 Å². The van der Waals surface area contributed by atoms with Crippen LogP contribution in [0.2, 0.25) is 0 Å². The second-order valence-corrected chi connectivity index (χ2v) is 6.41. The number of carbonyl (C=O) groups excluding carboxylic acids is 1. The minimum absolute atomic E-state index is 0.0988. The first-order chi connectivity index (χ1) is 11.2. The van der Waals surface area contributed by atoms with Crippen molar-refractivity contribution in [1.82, 2.24) is 4.90 Å². The monoisotopic (exact) mass is 316 g/mol. The number of nitrogens with zero attached hydrogens (tertiary/aromatic N) is 2. The van der Waals surface area contributed by atoms with E-state index in [4.69, 9.17) is 4.74 Å². The molecule has 1 amide bonds. The molecule has 124 valence electrons. The number of hydrogen-bond acceptors (Lipinski definition) is 4. The molecule has 1 aromatic carbocycles. The van der Waals surface area contributed by atoms with Crippen LogP contribution in [0.15, 0.2) is 35.5 Å². The van der Waals surface area contributed by atoms with E-state index in [-0.39, 0.29) is 24.1 Å². The highest BCUT2D eigenvalue weighted by Gasteiger charge is 2.45. The van der Waals surface area contributed by atoms with Crippen LogP contribution < -0.4 is 0 Å². The van der Waals surface area contributed by atoms with Gasteiger partial charge in [0.05, 0.1) is 5.71 Å². The third-order valence-electron chi connectivity index (χ3n) is 5.11. The number of ether oxygens (including phenoxy) is 1. The molecule has 5 nitrogen and oxygen atoms in total. The van der Waals surface area contributed by atoms with Gasteiger partial charge in [-0.3, -0.25) is 0 Å². The summed E-state index contributed by atoms with van der Waals surface area (Å²) in [6, 6.07) is 9.94. The Labute approximate surface area is 136 Å². The number of oxime groups is 1. The van der Waals surface area contributed by atoms with Gasteiger partial charge in [0, 0.05) is 24.4 Å². The molecule has 2 fully saturated rings. The van der Waals surface area contributed by atoms with Crippen LogP contribution >= 0.6 is 0 Å². The standard InChI is InChI=1S/C18H24N2O3/c1-2-15-16(19-22)11-14-9-6-10-17(15)20(14)18(21)23-12-13-7-4-3-5-8-13/h3-5,7-8,14-15,17,22H,2,6,9-12H2,1H3/b19-16+/t14-,15-,17+/m1/s1. The quantitative estimate of drug-likeness (QED) is 0.681. The Balaban J connectivity index is 1.71. The molecular weight excluding hydrogens is 292 g/mol. The molecule has 3 rings (SSSR count). The molecule has 3 atom stereocenters. The zero-order chi connectivity index (χ0) is 16.2. The lowest BCUT2D eigenvalue weighted by Crippen LogP contribution is -2.59. The molecule has 1 N–H and O–H groups in total. The normalized spacial score (nSPS) is 28.7. The summed E-state index contributed by atoms with van der Waals surface area (Å²) < 4.78 is 5.55. The first-order valence-corrected chi connectivity index (χ1v) is 8.44. The van der Waals surface area contributed by atoms with E-state index >= 15 is 0 Å². The average molecular weight is 316 g/mol. The molecule has 0 unspecified atom stereocenters. The van der Waals surface area contributed by atoms with Gasteiger partial charge in [-0.1, -0.05) is 42.4 Å². The number of hydrogen-bond donors (Lipinski definition) is 1. The van der Waals surface area contributed by atoms with Crippen LogP contribution in [0.3, 0.4) is 0 Å². The lowest BCUT2D eigenvalue weighted by Gasteiger charge is -2.49. The van der Waals surface area contributed by atoms with Gasteiger partial charge in [-0.05, 0) is 31.2 Å². The Morgan fingerprint density at radius 3 is 2.83 bits per heavy atom. The molecule has 2 aliphatic rings. The van der Waals surface area contributed by atoms with E-state index in [1.54, 1.807) is 0 Å². The number of piperidine rings is 2. The van der Waals surface area contributed by atoms with Crippen molar-refractivity contribution in [3.63, 3.8) is 0 Å². The highest BCUT2D eigenvalue weighted by molar-refractivity contribution is 5.90. The Morgan fingerprint density at radius 1 is 1.35 bits per heavy atom. The summed E-state index contributed by atoms with van der Waals surface area (Å²) in [5.74, 6) is 0.140. The Bertz CT molecular complexity index is 573. The van der Waals surface area contributed by atoms with Crippen molar-refractivity contribution in [3.8, 4) is 0 Å². The third kappa shape index (κ3) is 3.19. The molecule has 23 heavy (non-hydrogen) atoms. The average Bonchev–Trinajstić information content (AvgIpc) is 2.59. The van der Waals surface area contributed by atoms with Crippen molar-refractivity contribution in [2.24, 2.45) is 11.1 Å². The van der Waals surface area contributed by atoms with E-state index in [1.807, 2.05) is 35.2 Å². The number of carbonyl (C=O) groups is 1. The molecule has 2 saturated heterocycles. The molecule has 0 radical (unpaired) electrons. The topological polar surface area (TPSA) is 62.1 Å². The molecule has 1 aromatic rings. The summed E-state index contributed by atoms with van der Waals surface area (Å²) >= 11 is 0. The van der Waals surface area contributed by atoms with Crippen LogP contribution in [-0.2, 0) is 11.3 Å². The van der Waals surface area contributed by atoms with Crippen molar-refractivity contribution in [3.05, 3.63) is 35.9 Å². The predicted octanol–water partition coefficient (Wildman–Crippen LogP) is 3.81. The van der Waals surface area contributed by atoms with Gasteiger partial charge in [-0.25, -0.2) is 4.79 Å². The zero-order valence-electron chi connectivity index (χ0n) is 13.5. The fourth-order valence-electron chi connectivity index (χ4n) is 4.02. The van der Waals surface area contributed by atoms with Gasteiger partial charge in [-0.15, -0.1) is 0 Å². The molecule has 5 heteroatoms. The smallest absolute Gasteiger partial charge is 0.410 e. The minimum Gasteiger partial charge on any atom is -0.445 e. The number of amides is 1. The van der Waals surface area contributed by atoms with E-state index in [2.05, 4.69) is 12.1 Å². The largest absolute Gasteiger partial charge is 0.445 e. The fourth-order valence-corrected chi connectivity index (χ4v) is 4.02. The van der Waals surface area contributed by atoms with Crippen LogP contribution in [-0.4, -0.2) is 34.0 Å². The highest BCUT2D eigenvalue weighted by Crippen LogP contribution is 2.38. The Morgan fingerprint density at radius 2 is 2.13 bits per heavy atom. The first kappa shape index (κ1) is 15.8. The van der Waals surface area contributed by atoms with Crippen LogP contribution in [0.1, 0.15) is 44.6 Å². The van der Waals surface area contributed by atoms with Crippen LogP contribution in [0.5, 0.6) is 0 Å².